The quantitative estimate of drug-likeness (QED) is 0.738. The molecule has 0 aromatic heterocycles. The minimum atomic E-state index is 0.126. The van der Waals surface area contributed by atoms with E-state index in [1.54, 1.807) is 0 Å². The molecule has 2 saturated heterocycles. The van der Waals surface area contributed by atoms with Crippen LogP contribution in [0.15, 0.2) is 54.6 Å². The number of nitrogens with zero attached hydrogens (tertiary/aromatic N) is 2. The second-order valence-electron chi connectivity index (χ2n) is 8.38. The number of piperidine rings is 1. The van der Waals surface area contributed by atoms with Crippen LogP contribution in [0.1, 0.15) is 53.6 Å². The maximum Gasteiger partial charge on any atom is 0.253 e. The average molecular weight is 391 g/mol. The Bertz CT molecular complexity index is 841. The van der Waals surface area contributed by atoms with Crippen molar-refractivity contribution in [2.45, 2.75) is 45.1 Å². The van der Waals surface area contributed by atoms with Gasteiger partial charge in [-0.3, -0.25) is 9.59 Å². The third-order valence-electron chi connectivity index (χ3n) is 6.30. The Labute approximate surface area is 173 Å². The molecular formula is C25H30N2O2. The SMILES string of the molecule is O=C1CCCN1Cc1cccc(C(=O)N2CCC(CCc3ccccc3)CC2)c1. The van der Waals surface area contributed by atoms with Gasteiger partial charge in [0.15, 0.2) is 0 Å². The highest BCUT2D eigenvalue weighted by molar-refractivity contribution is 5.94. The first-order valence-corrected chi connectivity index (χ1v) is 10.9. The van der Waals surface area contributed by atoms with Gasteiger partial charge in [0.1, 0.15) is 0 Å². The zero-order valence-electron chi connectivity index (χ0n) is 17.1. The maximum atomic E-state index is 13.0. The van der Waals surface area contributed by atoms with E-state index in [-0.39, 0.29) is 11.8 Å². The molecule has 2 heterocycles. The van der Waals surface area contributed by atoms with Crippen LogP contribution in [0.25, 0.3) is 0 Å². The monoisotopic (exact) mass is 390 g/mol. The van der Waals surface area contributed by atoms with Crippen molar-refractivity contribution in [2.75, 3.05) is 19.6 Å². The molecule has 2 amide bonds. The molecule has 4 heteroatoms. The van der Waals surface area contributed by atoms with E-state index >= 15 is 0 Å². The summed E-state index contributed by atoms with van der Waals surface area (Å²) in [5, 5.41) is 0. The lowest BCUT2D eigenvalue weighted by Gasteiger charge is -2.32. The molecular weight excluding hydrogens is 360 g/mol. The first-order valence-electron chi connectivity index (χ1n) is 10.9. The van der Waals surface area contributed by atoms with Gasteiger partial charge in [0.25, 0.3) is 5.91 Å². The van der Waals surface area contributed by atoms with E-state index in [2.05, 4.69) is 30.3 Å². The molecule has 0 spiro atoms. The summed E-state index contributed by atoms with van der Waals surface area (Å²) in [4.78, 5) is 28.7. The Hall–Kier alpha value is -2.62. The third-order valence-corrected chi connectivity index (χ3v) is 6.30. The first kappa shape index (κ1) is 19.7. The second-order valence-corrected chi connectivity index (χ2v) is 8.38. The van der Waals surface area contributed by atoms with E-state index in [4.69, 9.17) is 0 Å². The smallest absolute Gasteiger partial charge is 0.253 e. The van der Waals surface area contributed by atoms with Crippen molar-refractivity contribution in [2.24, 2.45) is 5.92 Å². The average Bonchev–Trinajstić information content (AvgIpc) is 3.17. The first-order chi connectivity index (χ1) is 14.2. The lowest BCUT2D eigenvalue weighted by atomic mass is 9.90. The summed E-state index contributed by atoms with van der Waals surface area (Å²) in [6.07, 6.45) is 6.08. The summed E-state index contributed by atoms with van der Waals surface area (Å²) < 4.78 is 0. The van der Waals surface area contributed by atoms with Crippen molar-refractivity contribution in [3.05, 3.63) is 71.3 Å². The van der Waals surface area contributed by atoms with E-state index in [0.29, 0.717) is 18.9 Å². The van der Waals surface area contributed by atoms with Gasteiger partial charge in [-0.25, -0.2) is 0 Å². The molecule has 0 radical (unpaired) electrons. The molecule has 0 bridgehead atoms. The van der Waals surface area contributed by atoms with Crippen LogP contribution in [0.5, 0.6) is 0 Å². The van der Waals surface area contributed by atoms with Crippen LogP contribution < -0.4 is 0 Å². The molecule has 152 valence electrons. The van der Waals surface area contributed by atoms with Gasteiger partial charge in [-0.05, 0) is 61.3 Å². The molecule has 4 nitrogen and oxygen atoms in total. The number of aryl methyl sites for hydroxylation is 1. The molecule has 2 aliphatic rings. The van der Waals surface area contributed by atoms with Gasteiger partial charge in [-0.2, -0.15) is 0 Å². The van der Waals surface area contributed by atoms with E-state index in [0.717, 1.165) is 56.4 Å². The second kappa shape index (κ2) is 9.25. The largest absolute Gasteiger partial charge is 0.339 e. The van der Waals surface area contributed by atoms with Crippen LogP contribution in [-0.2, 0) is 17.8 Å². The van der Waals surface area contributed by atoms with Crippen LogP contribution in [0.3, 0.4) is 0 Å². The van der Waals surface area contributed by atoms with Crippen molar-refractivity contribution in [1.29, 1.82) is 0 Å². The number of carbonyl (C=O) groups is 2. The number of likely N-dealkylation sites (tertiary alicyclic amines) is 2. The molecule has 0 saturated carbocycles. The zero-order valence-corrected chi connectivity index (χ0v) is 17.1. The zero-order chi connectivity index (χ0) is 20.1. The lowest BCUT2D eigenvalue weighted by Crippen LogP contribution is -2.38. The summed E-state index contributed by atoms with van der Waals surface area (Å²) in [7, 11) is 0. The minimum absolute atomic E-state index is 0.126. The van der Waals surface area contributed by atoms with E-state index in [1.165, 1.54) is 12.0 Å². The predicted octanol–water partition coefficient (Wildman–Crippen LogP) is 4.29. The fourth-order valence-electron chi connectivity index (χ4n) is 4.52. The number of benzene rings is 2. The molecule has 2 aromatic carbocycles. The van der Waals surface area contributed by atoms with Crippen molar-refractivity contribution in [3.63, 3.8) is 0 Å². The third kappa shape index (κ3) is 5.06. The summed E-state index contributed by atoms with van der Waals surface area (Å²) in [6.45, 7) is 3.12. The number of rotatable bonds is 6. The van der Waals surface area contributed by atoms with Crippen LogP contribution in [0.4, 0.5) is 0 Å². The van der Waals surface area contributed by atoms with Gasteiger partial charge in [0.05, 0.1) is 0 Å². The Morgan fingerprint density at radius 3 is 2.41 bits per heavy atom. The van der Waals surface area contributed by atoms with E-state index in [1.807, 2.05) is 34.1 Å². The normalized spacial score (nSPS) is 17.7. The number of hydrogen-bond acceptors (Lipinski definition) is 2. The highest BCUT2D eigenvalue weighted by Crippen LogP contribution is 2.24. The summed E-state index contributed by atoms with van der Waals surface area (Å²) in [6, 6.07) is 18.5. The summed E-state index contributed by atoms with van der Waals surface area (Å²) >= 11 is 0. The summed E-state index contributed by atoms with van der Waals surface area (Å²) in [5.74, 6) is 1.05. The minimum Gasteiger partial charge on any atom is -0.339 e. The molecule has 0 atom stereocenters. The van der Waals surface area contributed by atoms with Crippen LogP contribution in [0, 0.1) is 5.92 Å². The van der Waals surface area contributed by atoms with Gasteiger partial charge in [0, 0.05) is 38.2 Å². The van der Waals surface area contributed by atoms with Crippen LogP contribution >= 0.6 is 0 Å². The molecule has 0 N–H and O–H groups in total. The van der Waals surface area contributed by atoms with Crippen LogP contribution in [-0.4, -0.2) is 41.2 Å². The number of hydrogen-bond donors (Lipinski definition) is 0. The Morgan fingerprint density at radius 1 is 0.931 bits per heavy atom. The Kier molecular flexibility index (Phi) is 6.28. The fraction of sp³-hybridized carbons (Fsp3) is 0.440. The highest BCUT2D eigenvalue weighted by atomic mass is 16.2. The molecule has 29 heavy (non-hydrogen) atoms. The predicted molar refractivity (Wildman–Crippen MR) is 114 cm³/mol. The van der Waals surface area contributed by atoms with Gasteiger partial charge in [0.2, 0.25) is 5.91 Å². The molecule has 0 unspecified atom stereocenters. The molecule has 2 aliphatic heterocycles. The maximum absolute atomic E-state index is 13.0. The van der Waals surface area contributed by atoms with Gasteiger partial charge in [-0.1, -0.05) is 42.5 Å². The van der Waals surface area contributed by atoms with Crippen molar-refractivity contribution in [1.82, 2.24) is 9.80 Å². The number of amides is 2. The van der Waals surface area contributed by atoms with Crippen LogP contribution in [0.2, 0.25) is 0 Å². The molecule has 0 aliphatic carbocycles. The van der Waals surface area contributed by atoms with Gasteiger partial charge < -0.3 is 9.80 Å². The highest BCUT2D eigenvalue weighted by Gasteiger charge is 2.24. The van der Waals surface area contributed by atoms with Gasteiger partial charge in [-0.15, -0.1) is 0 Å². The van der Waals surface area contributed by atoms with Crippen molar-refractivity contribution in [3.8, 4) is 0 Å². The van der Waals surface area contributed by atoms with E-state index in [9.17, 15) is 9.59 Å². The topological polar surface area (TPSA) is 40.6 Å². The number of carbonyl (C=O) groups excluding carboxylic acids is 2. The fourth-order valence-corrected chi connectivity index (χ4v) is 4.52. The van der Waals surface area contributed by atoms with E-state index < -0.39 is 0 Å². The molecule has 2 fully saturated rings. The standard InChI is InChI=1S/C25H30N2O2/c28-24-10-5-15-27(24)19-22-8-4-9-23(18-22)25(29)26-16-13-21(14-17-26)12-11-20-6-2-1-3-7-20/h1-4,6-9,18,21H,5,10-17,19H2. The Balaban J connectivity index is 1.29. The molecule has 2 aromatic rings. The Morgan fingerprint density at radius 2 is 1.69 bits per heavy atom. The van der Waals surface area contributed by atoms with Crippen molar-refractivity contribution < 1.29 is 9.59 Å². The van der Waals surface area contributed by atoms with Gasteiger partial charge >= 0.3 is 0 Å². The van der Waals surface area contributed by atoms with Crippen molar-refractivity contribution >= 4 is 11.8 Å². The summed E-state index contributed by atoms with van der Waals surface area (Å²) in [5.41, 5.74) is 3.19. The lowest BCUT2D eigenvalue weighted by molar-refractivity contribution is -0.128. The molecule has 4 rings (SSSR count).